The summed E-state index contributed by atoms with van der Waals surface area (Å²) in [6.07, 6.45) is 1.29. The van der Waals surface area contributed by atoms with Gasteiger partial charge in [0.05, 0.1) is 0 Å². The zero-order valence-electron chi connectivity index (χ0n) is 13.1. The maximum Gasteiger partial charge on any atom is 0.123 e. The summed E-state index contributed by atoms with van der Waals surface area (Å²) < 4.78 is 13.5. The van der Waals surface area contributed by atoms with Crippen LogP contribution in [0.5, 0.6) is 0 Å². The van der Waals surface area contributed by atoms with Gasteiger partial charge in [0.25, 0.3) is 0 Å². The largest absolute Gasteiger partial charge is 0.371 e. The third-order valence-electron chi connectivity index (χ3n) is 3.95. The van der Waals surface area contributed by atoms with E-state index in [-0.39, 0.29) is 5.82 Å². The van der Waals surface area contributed by atoms with Gasteiger partial charge >= 0.3 is 0 Å². The first-order chi connectivity index (χ1) is 9.45. The third-order valence-corrected chi connectivity index (χ3v) is 3.95. The average molecular weight is 278 g/mol. The van der Waals surface area contributed by atoms with Crippen molar-refractivity contribution in [2.45, 2.75) is 46.7 Å². The highest BCUT2D eigenvalue weighted by molar-refractivity contribution is 5.54. The molecule has 0 bridgehead atoms. The fourth-order valence-electron chi connectivity index (χ4n) is 3.18. The van der Waals surface area contributed by atoms with E-state index in [1.165, 1.54) is 12.1 Å². The highest BCUT2D eigenvalue weighted by Crippen LogP contribution is 2.29. The van der Waals surface area contributed by atoms with Gasteiger partial charge < -0.3 is 10.2 Å². The Balaban J connectivity index is 2.21. The molecule has 0 saturated carbocycles. The van der Waals surface area contributed by atoms with Gasteiger partial charge in [0, 0.05) is 31.4 Å². The number of benzene rings is 1. The van der Waals surface area contributed by atoms with Crippen molar-refractivity contribution in [1.29, 1.82) is 0 Å². The fourth-order valence-corrected chi connectivity index (χ4v) is 3.18. The van der Waals surface area contributed by atoms with E-state index in [1.54, 1.807) is 12.1 Å². The quantitative estimate of drug-likeness (QED) is 0.901. The van der Waals surface area contributed by atoms with Crippen molar-refractivity contribution in [1.82, 2.24) is 5.32 Å². The number of nitrogens with one attached hydrogen (secondary N) is 1. The van der Waals surface area contributed by atoms with Crippen LogP contribution in [0.15, 0.2) is 18.2 Å². The molecule has 1 heterocycles. The SMILES string of the molecule is CC1CC(C)CN(c2ccc(F)cc2CNC(C)C)C1. The van der Waals surface area contributed by atoms with E-state index in [1.807, 2.05) is 6.07 Å². The van der Waals surface area contributed by atoms with Crippen LogP contribution in [0, 0.1) is 17.7 Å². The van der Waals surface area contributed by atoms with E-state index in [2.05, 4.69) is 37.9 Å². The molecule has 2 atom stereocenters. The van der Waals surface area contributed by atoms with Gasteiger partial charge in [0.15, 0.2) is 0 Å². The fraction of sp³-hybridized carbons (Fsp3) is 0.647. The minimum absolute atomic E-state index is 0.146. The van der Waals surface area contributed by atoms with Crippen molar-refractivity contribution >= 4 is 5.69 Å². The highest BCUT2D eigenvalue weighted by atomic mass is 19.1. The van der Waals surface area contributed by atoms with Crippen molar-refractivity contribution in [3.8, 4) is 0 Å². The first-order valence-electron chi connectivity index (χ1n) is 7.72. The minimum atomic E-state index is -0.146. The second-order valence-corrected chi connectivity index (χ2v) is 6.66. The predicted octanol–water partition coefficient (Wildman–Crippen LogP) is 3.81. The van der Waals surface area contributed by atoms with E-state index in [9.17, 15) is 4.39 Å². The molecule has 0 radical (unpaired) electrons. The summed E-state index contributed by atoms with van der Waals surface area (Å²) in [6.45, 7) is 11.7. The Labute approximate surface area is 122 Å². The summed E-state index contributed by atoms with van der Waals surface area (Å²) in [6, 6.07) is 5.61. The standard InChI is InChI=1S/C17H27FN2/c1-12(2)19-9-15-8-16(18)5-6-17(15)20-10-13(3)7-14(4)11-20/h5-6,8,12-14,19H,7,9-11H2,1-4H3. The number of halogens is 1. The molecule has 0 spiro atoms. The topological polar surface area (TPSA) is 15.3 Å². The molecular weight excluding hydrogens is 251 g/mol. The summed E-state index contributed by atoms with van der Waals surface area (Å²) in [5, 5.41) is 3.40. The number of piperidine rings is 1. The van der Waals surface area contributed by atoms with Crippen molar-refractivity contribution in [2.24, 2.45) is 11.8 Å². The Kier molecular flexibility index (Phi) is 5.03. The maximum atomic E-state index is 13.5. The number of hydrogen-bond donors (Lipinski definition) is 1. The lowest BCUT2D eigenvalue weighted by Gasteiger charge is -2.37. The summed E-state index contributed by atoms with van der Waals surface area (Å²) in [5.41, 5.74) is 2.26. The van der Waals surface area contributed by atoms with Gasteiger partial charge in [-0.2, -0.15) is 0 Å². The second kappa shape index (κ2) is 6.57. The molecule has 1 N–H and O–H groups in total. The van der Waals surface area contributed by atoms with Gasteiger partial charge in [-0.25, -0.2) is 4.39 Å². The Morgan fingerprint density at radius 1 is 1.25 bits per heavy atom. The van der Waals surface area contributed by atoms with E-state index >= 15 is 0 Å². The Morgan fingerprint density at radius 3 is 2.50 bits per heavy atom. The number of rotatable bonds is 4. The lowest BCUT2D eigenvalue weighted by atomic mass is 9.91. The molecule has 1 fully saturated rings. The predicted molar refractivity (Wildman–Crippen MR) is 83.5 cm³/mol. The number of hydrogen-bond acceptors (Lipinski definition) is 2. The molecule has 1 aromatic rings. The zero-order valence-corrected chi connectivity index (χ0v) is 13.1. The second-order valence-electron chi connectivity index (χ2n) is 6.66. The Bertz CT molecular complexity index is 435. The van der Waals surface area contributed by atoms with Gasteiger partial charge in [-0.15, -0.1) is 0 Å². The molecule has 1 aliphatic heterocycles. The summed E-state index contributed by atoms with van der Waals surface area (Å²) in [7, 11) is 0. The maximum absolute atomic E-state index is 13.5. The summed E-state index contributed by atoms with van der Waals surface area (Å²) >= 11 is 0. The normalized spacial score (nSPS) is 23.4. The Hall–Kier alpha value is -1.09. The van der Waals surface area contributed by atoms with Gasteiger partial charge in [0.1, 0.15) is 5.82 Å². The Morgan fingerprint density at radius 2 is 1.90 bits per heavy atom. The average Bonchev–Trinajstić information content (AvgIpc) is 2.35. The molecule has 1 aliphatic rings. The molecule has 3 heteroatoms. The van der Waals surface area contributed by atoms with Gasteiger partial charge in [-0.1, -0.05) is 27.7 Å². The van der Waals surface area contributed by atoms with Crippen LogP contribution in [0.25, 0.3) is 0 Å². The first kappa shape index (κ1) is 15.3. The van der Waals surface area contributed by atoms with Gasteiger partial charge in [-0.05, 0) is 42.0 Å². The molecule has 0 aromatic heterocycles. The molecular formula is C17H27FN2. The van der Waals surface area contributed by atoms with E-state index in [0.29, 0.717) is 17.9 Å². The van der Waals surface area contributed by atoms with E-state index < -0.39 is 0 Å². The van der Waals surface area contributed by atoms with Crippen LogP contribution in [-0.4, -0.2) is 19.1 Å². The molecule has 0 aliphatic carbocycles. The van der Waals surface area contributed by atoms with Crippen LogP contribution in [0.1, 0.15) is 39.7 Å². The first-order valence-corrected chi connectivity index (χ1v) is 7.72. The van der Waals surface area contributed by atoms with Crippen molar-refractivity contribution in [2.75, 3.05) is 18.0 Å². The summed E-state index contributed by atoms with van der Waals surface area (Å²) in [5.74, 6) is 1.26. The molecule has 2 rings (SSSR count). The molecule has 1 aromatic carbocycles. The smallest absolute Gasteiger partial charge is 0.123 e. The van der Waals surface area contributed by atoms with Crippen molar-refractivity contribution < 1.29 is 4.39 Å². The van der Waals surface area contributed by atoms with Crippen molar-refractivity contribution in [3.63, 3.8) is 0 Å². The number of nitrogens with zero attached hydrogens (tertiary/aromatic N) is 1. The van der Waals surface area contributed by atoms with Crippen LogP contribution < -0.4 is 10.2 Å². The zero-order chi connectivity index (χ0) is 14.7. The van der Waals surface area contributed by atoms with E-state index in [4.69, 9.17) is 0 Å². The van der Waals surface area contributed by atoms with E-state index in [0.717, 1.165) is 25.2 Å². The highest BCUT2D eigenvalue weighted by Gasteiger charge is 2.23. The molecule has 1 saturated heterocycles. The van der Waals surface area contributed by atoms with Crippen LogP contribution in [-0.2, 0) is 6.54 Å². The molecule has 20 heavy (non-hydrogen) atoms. The van der Waals surface area contributed by atoms with Crippen LogP contribution >= 0.6 is 0 Å². The summed E-state index contributed by atoms with van der Waals surface area (Å²) in [4.78, 5) is 2.43. The van der Waals surface area contributed by atoms with Gasteiger partial charge in [0.2, 0.25) is 0 Å². The van der Waals surface area contributed by atoms with Crippen LogP contribution in [0.2, 0.25) is 0 Å². The minimum Gasteiger partial charge on any atom is -0.371 e. The van der Waals surface area contributed by atoms with Gasteiger partial charge in [-0.3, -0.25) is 0 Å². The monoisotopic (exact) mass is 278 g/mol. The molecule has 0 amide bonds. The molecule has 112 valence electrons. The lowest BCUT2D eigenvalue weighted by Crippen LogP contribution is -2.39. The number of anilines is 1. The molecule has 2 unspecified atom stereocenters. The van der Waals surface area contributed by atoms with Crippen LogP contribution in [0.3, 0.4) is 0 Å². The lowest BCUT2D eigenvalue weighted by molar-refractivity contribution is 0.356. The van der Waals surface area contributed by atoms with Crippen LogP contribution in [0.4, 0.5) is 10.1 Å². The third kappa shape index (κ3) is 3.95. The van der Waals surface area contributed by atoms with Crippen molar-refractivity contribution in [3.05, 3.63) is 29.6 Å². The molecule has 2 nitrogen and oxygen atoms in total.